The standard InChI is InChI=1S/C26H29N3O4S/c1-19-8-7-11-24(20(19)2)28-14-16-29(17-15-28)34(31,32)22-12-13-25(33-3)23(18-22)27-26(30)21-9-5-4-6-10-21/h4-13,18H,14-17H2,1-3H3,(H,27,30). The van der Waals surface area contributed by atoms with Crippen molar-refractivity contribution in [3.63, 3.8) is 0 Å². The van der Waals surface area contributed by atoms with Crippen molar-refractivity contribution >= 4 is 27.3 Å². The first-order valence-corrected chi connectivity index (χ1v) is 12.6. The largest absolute Gasteiger partial charge is 0.495 e. The number of nitrogens with zero attached hydrogens (tertiary/aromatic N) is 2. The Kier molecular flexibility index (Phi) is 6.90. The maximum Gasteiger partial charge on any atom is 0.255 e. The summed E-state index contributed by atoms with van der Waals surface area (Å²) in [5.74, 6) is 0.0542. The van der Waals surface area contributed by atoms with E-state index in [2.05, 4.69) is 36.2 Å². The van der Waals surface area contributed by atoms with Gasteiger partial charge in [0.25, 0.3) is 5.91 Å². The quantitative estimate of drug-likeness (QED) is 0.577. The average Bonchev–Trinajstić information content (AvgIpc) is 2.86. The number of nitrogens with one attached hydrogen (secondary N) is 1. The van der Waals surface area contributed by atoms with E-state index in [9.17, 15) is 13.2 Å². The molecule has 8 heteroatoms. The van der Waals surface area contributed by atoms with Crippen LogP contribution in [0.5, 0.6) is 5.75 Å². The molecule has 34 heavy (non-hydrogen) atoms. The molecule has 1 saturated heterocycles. The minimum Gasteiger partial charge on any atom is -0.495 e. The van der Waals surface area contributed by atoms with Crippen LogP contribution in [0.15, 0.2) is 71.6 Å². The summed E-state index contributed by atoms with van der Waals surface area (Å²) < 4.78 is 33.7. The highest BCUT2D eigenvalue weighted by molar-refractivity contribution is 7.89. The summed E-state index contributed by atoms with van der Waals surface area (Å²) in [6.45, 7) is 6.16. The summed E-state index contributed by atoms with van der Waals surface area (Å²) in [5, 5.41) is 2.78. The Morgan fingerprint density at radius 1 is 0.912 bits per heavy atom. The Balaban J connectivity index is 1.53. The average molecular weight is 480 g/mol. The first kappa shape index (κ1) is 23.8. The second-order valence-corrected chi connectivity index (χ2v) is 10.2. The van der Waals surface area contributed by atoms with Gasteiger partial charge >= 0.3 is 0 Å². The Hall–Kier alpha value is -3.36. The summed E-state index contributed by atoms with van der Waals surface area (Å²) in [6, 6.07) is 19.5. The minimum atomic E-state index is -3.73. The molecule has 7 nitrogen and oxygen atoms in total. The molecule has 1 fully saturated rings. The van der Waals surface area contributed by atoms with Crippen LogP contribution in [-0.2, 0) is 10.0 Å². The summed E-state index contributed by atoms with van der Waals surface area (Å²) in [7, 11) is -2.25. The lowest BCUT2D eigenvalue weighted by Gasteiger charge is -2.36. The maximum absolute atomic E-state index is 13.4. The highest BCUT2D eigenvalue weighted by Crippen LogP contribution is 2.31. The highest BCUT2D eigenvalue weighted by atomic mass is 32.2. The van der Waals surface area contributed by atoms with Crippen LogP contribution in [0.4, 0.5) is 11.4 Å². The number of amides is 1. The van der Waals surface area contributed by atoms with Crippen LogP contribution in [0, 0.1) is 13.8 Å². The fourth-order valence-electron chi connectivity index (χ4n) is 4.13. The monoisotopic (exact) mass is 479 g/mol. The summed E-state index contributed by atoms with van der Waals surface area (Å²) in [4.78, 5) is 15.0. The molecule has 0 unspecified atom stereocenters. The van der Waals surface area contributed by atoms with Crippen molar-refractivity contribution in [3.05, 3.63) is 83.4 Å². The Bertz CT molecular complexity index is 1280. The van der Waals surface area contributed by atoms with Crippen molar-refractivity contribution < 1.29 is 17.9 Å². The van der Waals surface area contributed by atoms with Crippen molar-refractivity contribution in [2.24, 2.45) is 0 Å². The van der Waals surface area contributed by atoms with Crippen LogP contribution >= 0.6 is 0 Å². The Morgan fingerprint density at radius 2 is 1.62 bits per heavy atom. The van der Waals surface area contributed by atoms with Crippen LogP contribution in [0.1, 0.15) is 21.5 Å². The Labute approximate surface area is 201 Å². The molecule has 1 N–H and O–H groups in total. The van der Waals surface area contributed by atoms with Gasteiger partial charge in [0.2, 0.25) is 10.0 Å². The number of hydrogen-bond donors (Lipinski definition) is 1. The topological polar surface area (TPSA) is 79.0 Å². The highest BCUT2D eigenvalue weighted by Gasteiger charge is 2.30. The SMILES string of the molecule is COc1ccc(S(=O)(=O)N2CCN(c3cccc(C)c3C)CC2)cc1NC(=O)c1ccccc1. The van der Waals surface area contributed by atoms with Gasteiger partial charge in [-0.05, 0) is 61.4 Å². The number of carbonyl (C=O) groups is 1. The molecule has 0 atom stereocenters. The molecular weight excluding hydrogens is 450 g/mol. The summed E-state index contributed by atoms with van der Waals surface area (Å²) >= 11 is 0. The van der Waals surface area contributed by atoms with E-state index in [1.165, 1.54) is 34.7 Å². The second-order valence-electron chi connectivity index (χ2n) is 8.29. The van der Waals surface area contributed by atoms with Crippen LogP contribution in [0.2, 0.25) is 0 Å². The fraction of sp³-hybridized carbons (Fsp3) is 0.269. The molecule has 1 aliphatic rings. The van der Waals surface area contributed by atoms with E-state index in [4.69, 9.17) is 4.74 Å². The molecule has 1 amide bonds. The molecule has 0 aliphatic carbocycles. The van der Waals surface area contributed by atoms with Gasteiger partial charge in [-0.25, -0.2) is 8.42 Å². The predicted molar refractivity (Wildman–Crippen MR) is 134 cm³/mol. The number of sulfonamides is 1. The van der Waals surface area contributed by atoms with Crippen molar-refractivity contribution in [2.45, 2.75) is 18.7 Å². The van der Waals surface area contributed by atoms with Crippen LogP contribution in [0.25, 0.3) is 0 Å². The van der Waals surface area contributed by atoms with Gasteiger partial charge in [-0.2, -0.15) is 4.31 Å². The Morgan fingerprint density at radius 3 is 2.29 bits per heavy atom. The van der Waals surface area contributed by atoms with Gasteiger partial charge in [-0.15, -0.1) is 0 Å². The number of ether oxygens (including phenoxy) is 1. The van der Waals surface area contributed by atoms with E-state index >= 15 is 0 Å². The zero-order valence-electron chi connectivity index (χ0n) is 19.6. The number of methoxy groups -OCH3 is 1. The molecule has 4 rings (SSSR count). The lowest BCUT2D eigenvalue weighted by atomic mass is 10.1. The molecular formula is C26H29N3O4S. The number of carbonyl (C=O) groups excluding carboxylic acids is 1. The van der Waals surface area contributed by atoms with Crippen molar-refractivity contribution in [3.8, 4) is 5.75 Å². The van der Waals surface area contributed by atoms with E-state index < -0.39 is 10.0 Å². The molecule has 3 aromatic rings. The molecule has 178 valence electrons. The van der Waals surface area contributed by atoms with Gasteiger partial charge in [-0.1, -0.05) is 30.3 Å². The van der Waals surface area contributed by atoms with Crippen LogP contribution in [-0.4, -0.2) is 51.9 Å². The summed E-state index contributed by atoms with van der Waals surface area (Å²) in [5.41, 5.74) is 4.36. The molecule has 0 saturated carbocycles. The van der Waals surface area contributed by atoms with Gasteiger partial charge in [0.05, 0.1) is 17.7 Å². The first-order chi connectivity index (χ1) is 16.3. The lowest BCUT2D eigenvalue weighted by Crippen LogP contribution is -2.48. The number of aryl methyl sites for hydroxylation is 1. The van der Waals surface area contributed by atoms with Gasteiger partial charge in [0, 0.05) is 37.4 Å². The van der Waals surface area contributed by atoms with Crippen LogP contribution < -0.4 is 15.0 Å². The molecule has 1 heterocycles. The molecule has 0 bridgehead atoms. The zero-order valence-corrected chi connectivity index (χ0v) is 20.4. The number of rotatable bonds is 6. The van der Waals surface area contributed by atoms with E-state index in [0.29, 0.717) is 43.2 Å². The summed E-state index contributed by atoms with van der Waals surface area (Å²) in [6.07, 6.45) is 0. The van der Waals surface area contributed by atoms with Crippen molar-refractivity contribution in [2.75, 3.05) is 43.5 Å². The zero-order chi connectivity index (χ0) is 24.3. The van der Waals surface area contributed by atoms with E-state index in [1.807, 2.05) is 12.1 Å². The third-order valence-electron chi connectivity index (χ3n) is 6.25. The fourth-order valence-corrected chi connectivity index (χ4v) is 5.57. The second kappa shape index (κ2) is 9.87. The van der Waals surface area contributed by atoms with Gasteiger partial charge in [0.15, 0.2) is 0 Å². The normalized spacial score (nSPS) is 14.6. The number of piperazine rings is 1. The van der Waals surface area contributed by atoms with E-state index in [0.717, 1.165) is 5.69 Å². The van der Waals surface area contributed by atoms with E-state index in [1.54, 1.807) is 30.3 Å². The molecule has 0 aromatic heterocycles. The van der Waals surface area contributed by atoms with Crippen molar-refractivity contribution in [1.29, 1.82) is 0 Å². The van der Waals surface area contributed by atoms with Gasteiger partial charge < -0.3 is 15.0 Å². The lowest BCUT2D eigenvalue weighted by molar-refractivity contribution is 0.102. The number of hydrogen-bond acceptors (Lipinski definition) is 5. The van der Waals surface area contributed by atoms with Gasteiger partial charge in [0.1, 0.15) is 5.75 Å². The van der Waals surface area contributed by atoms with Gasteiger partial charge in [-0.3, -0.25) is 4.79 Å². The molecule has 0 radical (unpaired) electrons. The minimum absolute atomic E-state index is 0.122. The predicted octanol–water partition coefficient (Wildman–Crippen LogP) is 4.08. The molecule has 3 aromatic carbocycles. The van der Waals surface area contributed by atoms with E-state index in [-0.39, 0.29) is 10.8 Å². The molecule has 0 spiro atoms. The van der Waals surface area contributed by atoms with Crippen LogP contribution in [0.3, 0.4) is 0 Å². The molecule has 1 aliphatic heterocycles. The third-order valence-corrected chi connectivity index (χ3v) is 8.14. The van der Waals surface area contributed by atoms with Crippen molar-refractivity contribution in [1.82, 2.24) is 4.31 Å². The number of anilines is 2. The third kappa shape index (κ3) is 4.78. The number of benzene rings is 3. The smallest absolute Gasteiger partial charge is 0.255 e. The maximum atomic E-state index is 13.4. The first-order valence-electron chi connectivity index (χ1n) is 11.2.